The minimum atomic E-state index is 0.213. The smallest absolute Gasteiger partial charge is 0.163 e. The van der Waals surface area contributed by atoms with Crippen LogP contribution < -0.4 is 14.8 Å². The molecule has 0 bridgehead atoms. The van der Waals surface area contributed by atoms with Crippen LogP contribution in [0.5, 0.6) is 11.5 Å². The van der Waals surface area contributed by atoms with E-state index in [1.54, 1.807) is 0 Å². The van der Waals surface area contributed by atoms with Gasteiger partial charge in [-0.1, -0.05) is 41.9 Å². The lowest BCUT2D eigenvalue weighted by Crippen LogP contribution is -2.50. The number of hydrogen-bond acceptors (Lipinski definition) is 3. The van der Waals surface area contributed by atoms with Crippen LogP contribution in [0.1, 0.15) is 12.0 Å². The second-order valence-corrected chi connectivity index (χ2v) is 5.86. The van der Waals surface area contributed by atoms with Crippen LogP contribution in [-0.4, -0.2) is 25.8 Å². The van der Waals surface area contributed by atoms with E-state index in [0.29, 0.717) is 11.6 Å². The fraction of sp³-hybridized carbons (Fsp3) is 0.333. The molecule has 0 aliphatic carbocycles. The SMILES string of the molecule is Clc1ccc(OCCCc2ccccc2)c(OC2CNC2)c1. The molecular formula is C18H20ClNO2. The first kappa shape index (κ1) is 15.2. The summed E-state index contributed by atoms with van der Waals surface area (Å²) in [5.74, 6) is 1.50. The maximum atomic E-state index is 6.05. The Bertz CT molecular complexity index is 599. The van der Waals surface area contributed by atoms with E-state index in [-0.39, 0.29) is 6.10 Å². The van der Waals surface area contributed by atoms with Crippen molar-refractivity contribution in [3.05, 3.63) is 59.1 Å². The van der Waals surface area contributed by atoms with E-state index in [0.717, 1.165) is 37.4 Å². The van der Waals surface area contributed by atoms with Crippen molar-refractivity contribution in [1.29, 1.82) is 0 Å². The van der Waals surface area contributed by atoms with Crippen LogP contribution in [0, 0.1) is 0 Å². The third kappa shape index (κ3) is 4.15. The van der Waals surface area contributed by atoms with Gasteiger partial charge < -0.3 is 14.8 Å². The zero-order valence-electron chi connectivity index (χ0n) is 12.4. The van der Waals surface area contributed by atoms with Gasteiger partial charge in [-0.15, -0.1) is 0 Å². The molecule has 3 nitrogen and oxygen atoms in total. The van der Waals surface area contributed by atoms with Gasteiger partial charge >= 0.3 is 0 Å². The minimum absolute atomic E-state index is 0.213. The first-order valence-electron chi connectivity index (χ1n) is 7.65. The molecule has 0 atom stereocenters. The van der Waals surface area contributed by atoms with E-state index in [1.807, 2.05) is 24.3 Å². The molecule has 22 heavy (non-hydrogen) atoms. The van der Waals surface area contributed by atoms with Crippen LogP contribution in [0.3, 0.4) is 0 Å². The molecule has 1 N–H and O–H groups in total. The second kappa shape index (κ2) is 7.52. The van der Waals surface area contributed by atoms with E-state index in [4.69, 9.17) is 21.1 Å². The second-order valence-electron chi connectivity index (χ2n) is 5.43. The molecule has 1 aliphatic heterocycles. The summed E-state index contributed by atoms with van der Waals surface area (Å²) in [4.78, 5) is 0. The molecule has 1 saturated heterocycles. The lowest BCUT2D eigenvalue weighted by molar-refractivity contribution is 0.135. The monoisotopic (exact) mass is 317 g/mol. The number of halogens is 1. The molecule has 0 radical (unpaired) electrons. The summed E-state index contributed by atoms with van der Waals surface area (Å²) >= 11 is 6.05. The predicted molar refractivity (Wildman–Crippen MR) is 89.0 cm³/mol. The van der Waals surface area contributed by atoms with E-state index >= 15 is 0 Å². The molecule has 0 unspecified atom stereocenters. The van der Waals surface area contributed by atoms with Gasteiger partial charge in [0, 0.05) is 24.2 Å². The number of ether oxygens (including phenoxy) is 2. The molecule has 1 aliphatic rings. The van der Waals surface area contributed by atoms with Gasteiger partial charge in [0.15, 0.2) is 11.5 Å². The average Bonchev–Trinajstić information content (AvgIpc) is 2.50. The van der Waals surface area contributed by atoms with Gasteiger partial charge in [0.25, 0.3) is 0 Å². The lowest BCUT2D eigenvalue weighted by Gasteiger charge is -2.28. The maximum absolute atomic E-state index is 6.05. The fourth-order valence-electron chi connectivity index (χ4n) is 2.32. The van der Waals surface area contributed by atoms with Crippen LogP contribution in [0.25, 0.3) is 0 Å². The van der Waals surface area contributed by atoms with Crippen LogP contribution in [0.2, 0.25) is 5.02 Å². The van der Waals surface area contributed by atoms with Crippen molar-refractivity contribution in [3.8, 4) is 11.5 Å². The summed E-state index contributed by atoms with van der Waals surface area (Å²) in [5.41, 5.74) is 1.33. The molecule has 1 fully saturated rings. The first-order chi connectivity index (χ1) is 10.8. The van der Waals surface area contributed by atoms with Crippen LogP contribution in [-0.2, 0) is 6.42 Å². The van der Waals surface area contributed by atoms with Gasteiger partial charge in [0.05, 0.1) is 6.61 Å². The first-order valence-corrected chi connectivity index (χ1v) is 8.03. The molecule has 1 heterocycles. The molecule has 116 valence electrons. The van der Waals surface area contributed by atoms with Gasteiger partial charge in [-0.2, -0.15) is 0 Å². The van der Waals surface area contributed by atoms with Crippen molar-refractivity contribution in [1.82, 2.24) is 5.32 Å². The number of rotatable bonds is 7. The van der Waals surface area contributed by atoms with Crippen molar-refractivity contribution >= 4 is 11.6 Å². The molecule has 2 aromatic carbocycles. The van der Waals surface area contributed by atoms with E-state index in [9.17, 15) is 0 Å². The number of nitrogens with one attached hydrogen (secondary N) is 1. The summed E-state index contributed by atoms with van der Waals surface area (Å²) < 4.78 is 11.8. The Kier molecular flexibility index (Phi) is 5.20. The Morgan fingerprint density at radius 2 is 1.86 bits per heavy atom. The summed E-state index contributed by atoms with van der Waals surface area (Å²) in [6, 6.07) is 16.0. The quantitative estimate of drug-likeness (QED) is 0.790. The van der Waals surface area contributed by atoms with Crippen molar-refractivity contribution in [2.24, 2.45) is 0 Å². The van der Waals surface area contributed by atoms with Gasteiger partial charge in [0.2, 0.25) is 0 Å². The molecule has 3 rings (SSSR count). The molecule has 4 heteroatoms. The molecule has 0 saturated carbocycles. The molecule has 2 aromatic rings. The topological polar surface area (TPSA) is 30.5 Å². The summed E-state index contributed by atoms with van der Waals surface area (Å²) in [6.45, 7) is 2.41. The summed E-state index contributed by atoms with van der Waals surface area (Å²) in [6.07, 6.45) is 2.19. The van der Waals surface area contributed by atoms with Crippen molar-refractivity contribution in [3.63, 3.8) is 0 Å². The number of hydrogen-bond donors (Lipinski definition) is 1. The summed E-state index contributed by atoms with van der Waals surface area (Å²) in [7, 11) is 0. The van der Waals surface area contributed by atoms with Gasteiger partial charge in [0.1, 0.15) is 6.10 Å². The molecule has 0 amide bonds. The minimum Gasteiger partial charge on any atom is -0.490 e. The highest BCUT2D eigenvalue weighted by Gasteiger charge is 2.20. The summed E-state index contributed by atoms with van der Waals surface area (Å²) in [5, 5.41) is 3.85. The average molecular weight is 318 g/mol. The third-order valence-electron chi connectivity index (χ3n) is 3.65. The predicted octanol–water partition coefficient (Wildman–Crippen LogP) is 3.70. The van der Waals surface area contributed by atoms with Gasteiger partial charge in [-0.3, -0.25) is 0 Å². The zero-order chi connectivity index (χ0) is 15.2. The van der Waals surface area contributed by atoms with E-state index in [1.165, 1.54) is 5.56 Å². The normalized spacial score (nSPS) is 14.4. The highest BCUT2D eigenvalue weighted by molar-refractivity contribution is 6.30. The molecule has 0 aromatic heterocycles. The Hall–Kier alpha value is -1.71. The van der Waals surface area contributed by atoms with Gasteiger partial charge in [-0.25, -0.2) is 0 Å². The van der Waals surface area contributed by atoms with Crippen molar-refractivity contribution < 1.29 is 9.47 Å². The van der Waals surface area contributed by atoms with Crippen molar-refractivity contribution in [2.75, 3.05) is 19.7 Å². The number of benzene rings is 2. The molecular weight excluding hydrogens is 298 g/mol. The lowest BCUT2D eigenvalue weighted by atomic mass is 10.1. The Morgan fingerprint density at radius 1 is 1.05 bits per heavy atom. The van der Waals surface area contributed by atoms with Crippen LogP contribution in [0.15, 0.2) is 48.5 Å². The Labute approximate surface area is 136 Å². The van der Waals surface area contributed by atoms with Crippen LogP contribution >= 0.6 is 11.6 Å². The Balaban J connectivity index is 1.52. The number of aryl methyl sites for hydroxylation is 1. The highest BCUT2D eigenvalue weighted by Crippen LogP contribution is 2.31. The Morgan fingerprint density at radius 3 is 2.59 bits per heavy atom. The van der Waals surface area contributed by atoms with E-state index in [2.05, 4.69) is 29.6 Å². The highest BCUT2D eigenvalue weighted by atomic mass is 35.5. The standard InChI is InChI=1S/C18H20ClNO2/c19-15-8-9-17(18(11-15)22-16-12-20-13-16)21-10-4-7-14-5-2-1-3-6-14/h1-3,5-6,8-9,11,16,20H,4,7,10,12-13H2. The maximum Gasteiger partial charge on any atom is 0.163 e. The third-order valence-corrected chi connectivity index (χ3v) is 3.89. The van der Waals surface area contributed by atoms with Crippen LogP contribution in [0.4, 0.5) is 0 Å². The largest absolute Gasteiger partial charge is 0.490 e. The molecule has 0 spiro atoms. The fourth-order valence-corrected chi connectivity index (χ4v) is 2.48. The van der Waals surface area contributed by atoms with E-state index < -0.39 is 0 Å². The van der Waals surface area contributed by atoms with Gasteiger partial charge in [-0.05, 0) is 30.5 Å². The zero-order valence-corrected chi connectivity index (χ0v) is 13.2. The van der Waals surface area contributed by atoms with Crippen molar-refractivity contribution in [2.45, 2.75) is 18.9 Å².